The molecule has 1 rings (SSSR count). The lowest BCUT2D eigenvalue weighted by atomic mass is 9.92. The van der Waals surface area contributed by atoms with Crippen LogP contribution in [0.3, 0.4) is 0 Å². The number of rotatable bonds is 9. The third kappa shape index (κ3) is 8.30. The molecule has 1 amide bonds. The van der Waals surface area contributed by atoms with Gasteiger partial charge in [-0.25, -0.2) is 8.42 Å². The van der Waals surface area contributed by atoms with Gasteiger partial charge in [0.05, 0.1) is 6.26 Å². The summed E-state index contributed by atoms with van der Waals surface area (Å²) in [5.41, 5.74) is 0. The van der Waals surface area contributed by atoms with Crippen LogP contribution in [0.1, 0.15) is 32.1 Å². The molecule has 1 atom stereocenters. The summed E-state index contributed by atoms with van der Waals surface area (Å²) in [4.78, 5) is 22.6. The topological polar surface area (TPSA) is 125 Å². The van der Waals surface area contributed by atoms with Crippen LogP contribution >= 0.6 is 0 Å². The van der Waals surface area contributed by atoms with Crippen LogP contribution < -0.4 is 15.4 Å². The number of hydrogen-bond donors (Lipinski definition) is 4. The summed E-state index contributed by atoms with van der Waals surface area (Å²) in [6, 6.07) is -1.34. The molecule has 1 aliphatic heterocycles. The van der Waals surface area contributed by atoms with Gasteiger partial charge < -0.3 is 15.7 Å². The van der Waals surface area contributed by atoms with Gasteiger partial charge in [0.1, 0.15) is 6.04 Å². The van der Waals surface area contributed by atoms with E-state index in [0.717, 1.165) is 45.0 Å². The normalized spacial score (nSPS) is 17.9. The summed E-state index contributed by atoms with van der Waals surface area (Å²) < 4.78 is 24.1. The smallest absolute Gasteiger partial charge is 0.323 e. The maximum Gasteiger partial charge on any atom is 0.323 e. The Labute approximate surface area is 131 Å². The van der Waals surface area contributed by atoms with Crippen LogP contribution in [0.25, 0.3) is 0 Å². The summed E-state index contributed by atoms with van der Waals surface area (Å²) >= 11 is 0. The molecule has 128 valence electrons. The highest BCUT2D eigenvalue weighted by Crippen LogP contribution is 2.18. The molecular formula is C13H25N3O5S. The molecule has 0 spiro atoms. The van der Waals surface area contributed by atoms with Crippen LogP contribution in [0.4, 0.5) is 0 Å². The molecule has 1 aliphatic rings. The van der Waals surface area contributed by atoms with E-state index in [4.69, 9.17) is 5.11 Å². The fraction of sp³-hybridized carbons (Fsp3) is 0.846. The fourth-order valence-electron chi connectivity index (χ4n) is 2.46. The van der Waals surface area contributed by atoms with E-state index >= 15 is 0 Å². The van der Waals surface area contributed by atoms with Crippen molar-refractivity contribution >= 4 is 21.9 Å². The van der Waals surface area contributed by atoms with Crippen molar-refractivity contribution < 1.29 is 23.1 Å². The minimum absolute atomic E-state index is 0.254. The zero-order valence-corrected chi connectivity index (χ0v) is 13.6. The summed E-state index contributed by atoms with van der Waals surface area (Å²) in [7, 11) is -3.64. The highest BCUT2D eigenvalue weighted by atomic mass is 32.2. The van der Waals surface area contributed by atoms with E-state index in [1.54, 1.807) is 0 Å². The first-order chi connectivity index (χ1) is 10.3. The van der Waals surface area contributed by atoms with E-state index in [9.17, 15) is 18.0 Å². The van der Waals surface area contributed by atoms with Crippen LogP contribution in [0.2, 0.25) is 0 Å². The molecule has 4 N–H and O–H groups in total. The van der Waals surface area contributed by atoms with Crippen molar-refractivity contribution in [3.05, 3.63) is 0 Å². The van der Waals surface area contributed by atoms with Crippen molar-refractivity contribution in [3.63, 3.8) is 0 Å². The predicted octanol–water partition coefficient (Wildman–Crippen LogP) is -0.725. The van der Waals surface area contributed by atoms with Gasteiger partial charge in [0, 0.05) is 13.0 Å². The van der Waals surface area contributed by atoms with E-state index in [-0.39, 0.29) is 12.5 Å². The predicted molar refractivity (Wildman–Crippen MR) is 81.9 cm³/mol. The van der Waals surface area contributed by atoms with Gasteiger partial charge in [0.15, 0.2) is 0 Å². The molecule has 0 bridgehead atoms. The molecule has 0 aromatic heterocycles. The highest BCUT2D eigenvalue weighted by molar-refractivity contribution is 7.88. The SMILES string of the molecule is CS(=O)(=O)NC(CNC(=O)CCCC1CCNCC1)C(=O)O. The minimum atomic E-state index is -3.64. The van der Waals surface area contributed by atoms with Gasteiger partial charge in [-0.1, -0.05) is 0 Å². The van der Waals surface area contributed by atoms with Gasteiger partial charge in [-0.3, -0.25) is 9.59 Å². The first-order valence-electron chi connectivity index (χ1n) is 7.45. The number of piperidine rings is 1. The quantitative estimate of drug-likeness (QED) is 0.440. The molecule has 1 saturated heterocycles. The van der Waals surface area contributed by atoms with Gasteiger partial charge in [-0.2, -0.15) is 4.72 Å². The van der Waals surface area contributed by atoms with Crippen molar-refractivity contribution in [1.82, 2.24) is 15.4 Å². The van der Waals surface area contributed by atoms with Crippen molar-refractivity contribution in [2.45, 2.75) is 38.1 Å². The van der Waals surface area contributed by atoms with E-state index in [2.05, 4.69) is 10.6 Å². The zero-order chi connectivity index (χ0) is 16.6. The molecule has 0 aromatic rings. The van der Waals surface area contributed by atoms with Crippen molar-refractivity contribution in [1.29, 1.82) is 0 Å². The number of nitrogens with one attached hydrogen (secondary N) is 3. The molecule has 1 fully saturated rings. The Kier molecular flexibility index (Phi) is 7.77. The Balaban J connectivity index is 2.24. The molecular weight excluding hydrogens is 310 g/mol. The molecule has 0 aromatic carbocycles. The number of carboxylic acid groups (broad SMARTS) is 1. The average Bonchev–Trinajstić information content (AvgIpc) is 2.43. The maximum atomic E-state index is 11.7. The molecule has 9 heteroatoms. The fourth-order valence-corrected chi connectivity index (χ4v) is 3.16. The van der Waals surface area contributed by atoms with Gasteiger partial charge in [0.25, 0.3) is 0 Å². The monoisotopic (exact) mass is 335 g/mol. The number of carboxylic acids is 1. The van der Waals surface area contributed by atoms with Crippen LogP contribution in [-0.2, 0) is 19.6 Å². The molecule has 1 heterocycles. The molecule has 8 nitrogen and oxygen atoms in total. The minimum Gasteiger partial charge on any atom is -0.480 e. The number of aliphatic carboxylic acids is 1. The van der Waals surface area contributed by atoms with Gasteiger partial charge in [0.2, 0.25) is 15.9 Å². The van der Waals surface area contributed by atoms with Crippen LogP contribution in [0.5, 0.6) is 0 Å². The average molecular weight is 335 g/mol. The van der Waals surface area contributed by atoms with E-state index < -0.39 is 22.0 Å². The Bertz CT molecular complexity index is 474. The Hall–Kier alpha value is -1.19. The van der Waals surface area contributed by atoms with Crippen molar-refractivity contribution in [2.75, 3.05) is 25.9 Å². The zero-order valence-electron chi connectivity index (χ0n) is 12.8. The third-order valence-corrected chi connectivity index (χ3v) is 4.35. The van der Waals surface area contributed by atoms with E-state index in [1.165, 1.54) is 0 Å². The third-order valence-electron chi connectivity index (χ3n) is 3.63. The maximum absolute atomic E-state index is 11.7. The lowest BCUT2D eigenvalue weighted by Crippen LogP contribution is -2.48. The van der Waals surface area contributed by atoms with Crippen LogP contribution in [0.15, 0.2) is 0 Å². The summed E-state index contributed by atoms with van der Waals surface area (Å²) in [6.07, 6.45) is 5.20. The number of sulfonamides is 1. The Morgan fingerprint density at radius 1 is 1.32 bits per heavy atom. The van der Waals surface area contributed by atoms with E-state index in [1.807, 2.05) is 4.72 Å². The lowest BCUT2D eigenvalue weighted by molar-refractivity contribution is -0.138. The summed E-state index contributed by atoms with van der Waals surface area (Å²) in [6.45, 7) is 1.79. The molecule has 1 unspecified atom stereocenters. The number of carbonyl (C=O) groups excluding carboxylic acids is 1. The van der Waals surface area contributed by atoms with Crippen LogP contribution in [-0.4, -0.2) is 57.3 Å². The van der Waals surface area contributed by atoms with Crippen LogP contribution in [0, 0.1) is 5.92 Å². The Morgan fingerprint density at radius 3 is 2.50 bits per heavy atom. The molecule has 22 heavy (non-hydrogen) atoms. The van der Waals surface area contributed by atoms with Crippen molar-refractivity contribution in [3.8, 4) is 0 Å². The lowest BCUT2D eigenvalue weighted by Gasteiger charge is -2.22. The molecule has 0 saturated carbocycles. The van der Waals surface area contributed by atoms with Gasteiger partial charge >= 0.3 is 5.97 Å². The summed E-state index contributed by atoms with van der Waals surface area (Å²) in [5, 5.41) is 14.7. The standard InChI is InChI=1S/C13H25N3O5S/c1-22(20,21)16-11(13(18)19)9-15-12(17)4-2-3-10-5-7-14-8-6-10/h10-11,14,16H,2-9H2,1H3,(H,15,17)(H,18,19). The van der Waals surface area contributed by atoms with Gasteiger partial charge in [-0.15, -0.1) is 0 Å². The number of hydrogen-bond acceptors (Lipinski definition) is 5. The molecule has 0 radical (unpaired) electrons. The molecule has 0 aliphatic carbocycles. The largest absolute Gasteiger partial charge is 0.480 e. The second-order valence-corrected chi connectivity index (χ2v) is 7.45. The second-order valence-electron chi connectivity index (χ2n) is 5.67. The number of amides is 1. The Morgan fingerprint density at radius 2 is 1.95 bits per heavy atom. The first kappa shape index (κ1) is 18.9. The second kappa shape index (κ2) is 9.06. The first-order valence-corrected chi connectivity index (χ1v) is 9.34. The van der Waals surface area contributed by atoms with E-state index in [0.29, 0.717) is 12.3 Å². The highest BCUT2D eigenvalue weighted by Gasteiger charge is 2.22. The summed E-state index contributed by atoms with van der Waals surface area (Å²) in [5.74, 6) is -0.927. The number of carbonyl (C=O) groups is 2. The van der Waals surface area contributed by atoms with Gasteiger partial charge in [-0.05, 0) is 44.7 Å². The van der Waals surface area contributed by atoms with Crippen molar-refractivity contribution in [2.24, 2.45) is 5.92 Å².